The van der Waals surface area contributed by atoms with Crippen molar-refractivity contribution in [3.63, 3.8) is 0 Å². The van der Waals surface area contributed by atoms with Crippen LogP contribution in [-0.4, -0.2) is 46.5 Å². The third-order valence-electron chi connectivity index (χ3n) is 3.26. The SMILES string of the molecule is NC(=S)CN1CCC(NC(=O)c2ccc(F)cn2)CC1. The average Bonchev–Trinajstić information content (AvgIpc) is 2.41. The van der Waals surface area contributed by atoms with E-state index >= 15 is 0 Å². The topological polar surface area (TPSA) is 71.2 Å². The van der Waals surface area contributed by atoms with Crippen LogP contribution in [0.3, 0.4) is 0 Å². The Morgan fingerprint density at radius 3 is 2.75 bits per heavy atom. The first-order chi connectivity index (χ1) is 9.54. The largest absolute Gasteiger partial charge is 0.392 e. The maximum Gasteiger partial charge on any atom is 0.270 e. The smallest absolute Gasteiger partial charge is 0.270 e. The number of aromatic nitrogens is 1. The lowest BCUT2D eigenvalue weighted by atomic mass is 10.0. The monoisotopic (exact) mass is 296 g/mol. The number of halogens is 1. The van der Waals surface area contributed by atoms with Gasteiger partial charge in [0.25, 0.3) is 5.91 Å². The van der Waals surface area contributed by atoms with Gasteiger partial charge in [-0.25, -0.2) is 9.37 Å². The van der Waals surface area contributed by atoms with Gasteiger partial charge in [0, 0.05) is 25.7 Å². The first kappa shape index (κ1) is 14.8. The van der Waals surface area contributed by atoms with Gasteiger partial charge in [-0.2, -0.15) is 0 Å². The first-order valence-electron chi connectivity index (χ1n) is 6.47. The molecular formula is C13H17FN4OS. The molecule has 0 spiro atoms. The summed E-state index contributed by atoms with van der Waals surface area (Å²) in [5, 5.41) is 2.91. The van der Waals surface area contributed by atoms with Crippen LogP contribution in [0.5, 0.6) is 0 Å². The van der Waals surface area contributed by atoms with E-state index in [1.807, 2.05) is 0 Å². The van der Waals surface area contributed by atoms with Crippen molar-refractivity contribution in [3.05, 3.63) is 29.8 Å². The second-order valence-electron chi connectivity index (χ2n) is 4.85. The number of carbonyl (C=O) groups is 1. The molecule has 1 amide bonds. The molecule has 0 radical (unpaired) electrons. The second kappa shape index (κ2) is 6.71. The standard InChI is InChI=1S/C13H17FN4OS/c14-9-1-2-11(16-7-9)13(19)17-10-3-5-18(6-4-10)8-12(15)20/h1-2,7,10H,3-6,8H2,(H2,15,20)(H,17,19). The van der Waals surface area contributed by atoms with Crippen LogP contribution >= 0.6 is 12.2 Å². The predicted octanol–water partition coefficient (Wildman–Crippen LogP) is 0.701. The van der Waals surface area contributed by atoms with Gasteiger partial charge in [0.15, 0.2) is 0 Å². The van der Waals surface area contributed by atoms with Crippen LogP contribution in [0.4, 0.5) is 4.39 Å². The van der Waals surface area contributed by atoms with Crippen molar-refractivity contribution in [1.82, 2.24) is 15.2 Å². The fourth-order valence-electron chi connectivity index (χ4n) is 2.23. The number of nitrogens with one attached hydrogen (secondary N) is 1. The highest BCUT2D eigenvalue weighted by Gasteiger charge is 2.21. The summed E-state index contributed by atoms with van der Waals surface area (Å²) in [6.07, 6.45) is 2.73. The van der Waals surface area contributed by atoms with Gasteiger partial charge in [0.2, 0.25) is 0 Å². The van der Waals surface area contributed by atoms with Gasteiger partial charge in [-0.3, -0.25) is 9.69 Å². The minimum atomic E-state index is -0.451. The molecule has 1 aromatic rings. The lowest BCUT2D eigenvalue weighted by Gasteiger charge is -2.31. The number of carbonyl (C=O) groups excluding carboxylic acids is 1. The molecule has 5 nitrogen and oxygen atoms in total. The van der Waals surface area contributed by atoms with Crippen LogP contribution in [0.1, 0.15) is 23.3 Å². The zero-order valence-corrected chi connectivity index (χ0v) is 11.8. The third-order valence-corrected chi connectivity index (χ3v) is 3.39. The van der Waals surface area contributed by atoms with Crippen LogP contribution < -0.4 is 11.1 Å². The summed E-state index contributed by atoms with van der Waals surface area (Å²) in [6, 6.07) is 2.72. The van der Waals surface area contributed by atoms with Crippen LogP contribution in [0.25, 0.3) is 0 Å². The lowest BCUT2D eigenvalue weighted by Crippen LogP contribution is -2.46. The molecule has 0 atom stereocenters. The van der Waals surface area contributed by atoms with Crippen LogP contribution in [0.15, 0.2) is 18.3 Å². The first-order valence-corrected chi connectivity index (χ1v) is 6.88. The van der Waals surface area contributed by atoms with Crippen LogP contribution in [-0.2, 0) is 0 Å². The highest BCUT2D eigenvalue weighted by Crippen LogP contribution is 2.10. The summed E-state index contributed by atoms with van der Waals surface area (Å²) in [5.41, 5.74) is 5.74. The summed E-state index contributed by atoms with van der Waals surface area (Å²) >= 11 is 4.88. The van der Waals surface area contributed by atoms with E-state index < -0.39 is 5.82 Å². The maximum absolute atomic E-state index is 12.7. The Labute approximate surface area is 122 Å². The zero-order valence-electron chi connectivity index (χ0n) is 11.0. The van der Waals surface area contributed by atoms with Crippen molar-refractivity contribution < 1.29 is 9.18 Å². The molecular weight excluding hydrogens is 279 g/mol. The molecule has 1 fully saturated rings. The maximum atomic E-state index is 12.7. The Bertz CT molecular complexity index is 486. The summed E-state index contributed by atoms with van der Waals surface area (Å²) in [4.78, 5) is 18.4. The van der Waals surface area contributed by atoms with Crippen LogP contribution in [0, 0.1) is 5.82 Å². The number of nitrogens with zero attached hydrogens (tertiary/aromatic N) is 2. The van der Waals surface area contributed by atoms with Crippen LogP contribution in [0.2, 0.25) is 0 Å². The van der Waals surface area contributed by atoms with Gasteiger partial charge in [0.1, 0.15) is 11.5 Å². The third kappa shape index (κ3) is 4.21. The van der Waals surface area contributed by atoms with Crippen molar-refractivity contribution >= 4 is 23.1 Å². The molecule has 1 aliphatic heterocycles. The summed E-state index contributed by atoms with van der Waals surface area (Å²) in [5.74, 6) is -0.717. The fraction of sp³-hybridized carbons (Fsp3) is 0.462. The molecule has 20 heavy (non-hydrogen) atoms. The molecule has 7 heteroatoms. The second-order valence-corrected chi connectivity index (χ2v) is 5.38. The normalized spacial score (nSPS) is 16.9. The molecule has 1 saturated heterocycles. The molecule has 0 aromatic carbocycles. The predicted molar refractivity (Wildman–Crippen MR) is 77.9 cm³/mol. The lowest BCUT2D eigenvalue weighted by molar-refractivity contribution is 0.0909. The number of rotatable bonds is 4. The molecule has 1 aromatic heterocycles. The minimum Gasteiger partial charge on any atom is -0.392 e. The molecule has 0 saturated carbocycles. The Balaban J connectivity index is 1.82. The van der Waals surface area contributed by atoms with E-state index in [-0.39, 0.29) is 17.6 Å². The van der Waals surface area contributed by atoms with E-state index in [1.165, 1.54) is 12.1 Å². The molecule has 0 aliphatic carbocycles. The average molecular weight is 296 g/mol. The van der Waals surface area contributed by atoms with Gasteiger partial charge in [-0.15, -0.1) is 0 Å². The number of piperidine rings is 1. The Morgan fingerprint density at radius 1 is 1.50 bits per heavy atom. The molecule has 0 unspecified atom stereocenters. The molecule has 108 valence electrons. The quantitative estimate of drug-likeness (QED) is 0.800. The Morgan fingerprint density at radius 2 is 2.20 bits per heavy atom. The van der Waals surface area contributed by atoms with E-state index in [1.54, 1.807) is 0 Å². The molecule has 2 rings (SSSR count). The van der Waals surface area contributed by atoms with E-state index in [0.29, 0.717) is 11.5 Å². The van der Waals surface area contributed by atoms with Gasteiger partial charge < -0.3 is 11.1 Å². The number of hydrogen-bond acceptors (Lipinski definition) is 4. The summed E-state index contributed by atoms with van der Waals surface area (Å²) < 4.78 is 12.7. The minimum absolute atomic E-state index is 0.108. The van der Waals surface area contributed by atoms with Crippen molar-refractivity contribution in [1.29, 1.82) is 0 Å². The summed E-state index contributed by atoms with van der Waals surface area (Å²) in [7, 11) is 0. The number of amides is 1. The number of thiocarbonyl (C=S) groups is 1. The number of pyridine rings is 1. The molecule has 0 bridgehead atoms. The van der Waals surface area contributed by atoms with Crippen molar-refractivity contribution in [2.45, 2.75) is 18.9 Å². The zero-order chi connectivity index (χ0) is 14.5. The Kier molecular flexibility index (Phi) is 4.97. The molecule has 2 heterocycles. The highest BCUT2D eigenvalue weighted by atomic mass is 32.1. The van der Waals surface area contributed by atoms with Crippen molar-refractivity contribution in [2.75, 3.05) is 19.6 Å². The van der Waals surface area contributed by atoms with Gasteiger partial charge in [0.05, 0.1) is 11.2 Å². The number of likely N-dealkylation sites (tertiary alicyclic amines) is 1. The number of nitrogens with two attached hydrogens (primary N) is 1. The van der Waals surface area contributed by atoms with Gasteiger partial charge >= 0.3 is 0 Å². The van der Waals surface area contributed by atoms with Crippen molar-refractivity contribution in [2.24, 2.45) is 5.73 Å². The van der Waals surface area contributed by atoms with E-state index in [4.69, 9.17) is 18.0 Å². The molecule has 3 N–H and O–H groups in total. The van der Waals surface area contributed by atoms with E-state index in [2.05, 4.69) is 15.2 Å². The van der Waals surface area contributed by atoms with E-state index in [0.717, 1.165) is 32.1 Å². The van der Waals surface area contributed by atoms with Gasteiger partial charge in [-0.05, 0) is 25.0 Å². The molecule has 1 aliphatic rings. The summed E-state index contributed by atoms with van der Waals surface area (Å²) in [6.45, 7) is 2.31. The van der Waals surface area contributed by atoms with Gasteiger partial charge in [-0.1, -0.05) is 12.2 Å². The fourth-order valence-corrected chi connectivity index (χ4v) is 2.41. The van der Waals surface area contributed by atoms with Crippen molar-refractivity contribution in [3.8, 4) is 0 Å². The van der Waals surface area contributed by atoms with E-state index in [9.17, 15) is 9.18 Å². The number of hydrogen-bond donors (Lipinski definition) is 2. The Hall–Kier alpha value is -1.60. The highest BCUT2D eigenvalue weighted by molar-refractivity contribution is 7.80.